The van der Waals surface area contributed by atoms with Gasteiger partial charge in [0.25, 0.3) is 0 Å². The molecule has 1 atom stereocenters. The van der Waals surface area contributed by atoms with E-state index >= 15 is 0 Å². The number of aryl methyl sites for hydroxylation is 2. The molecule has 0 radical (unpaired) electrons. The lowest BCUT2D eigenvalue weighted by atomic mass is 10.1. The minimum Gasteiger partial charge on any atom is -0.303 e. The van der Waals surface area contributed by atoms with Crippen molar-refractivity contribution < 1.29 is 4.57 Å². The third-order valence-electron chi connectivity index (χ3n) is 3.12. The zero-order valence-electron chi connectivity index (χ0n) is 11.4. The summed E-state index contributed by atoms with van der Waals surface area (Å²) in [4.78, 5) is 2.19. The summed E-state index contributed by atoms with van der Waals surface area (Å²) in [7, 11) is 8.09. The van der Waals surface area contributed by atoms with Gasteiger partial charge in [-0.2, -0.15) is 0 Å². The molecule has 0 N–H and O–H groups in total. The van der Waals surface area contributed by atoms with Gasteiger partial charge in [0, 0.05) is 11.2 Å². The molecule has 0 fully saturated rings. The maximum absolute atomic E-state index is 4.28. The first kappa shape index (κ1) is 12.7. The largest absolute Gasteiger partial charge is 0.421 e. The fraction of sp³-hybridized carbons (Fsp3) is 0.462. The molecular formula is C13H20N5+. The van der Waals surface area contributed by atoms with Crippen molar-refractivity contribution >= 4 is 5.95 Å². The zero-order chi connectivity index (χ0) is 13.1. The Kier molecular flexibility index (Phi) is 3.72. The van der Waals surface area contributed by atoms with E-state index in [1.54, 1.807) is 0 Å². The van der Waals surface area contributed by atoms with Crippen LogP contribution in [-0.4, -0.2) is 29.6 Å². The van der Waals surface area contributed by atoms with Crippen LogP contribution in [0.1, 0.15) is 6.42 Å². The van der Waals surface area contributed by atoms with Gasteiger partial charge in [-0.15, -0.1) is 0 Å². The predicted octanol–water partition coefficient (Wildman–Crippen LogP) is 1.71. The Morgan fingerprint density at radius 1 is 1.39 bits per heavy atom. The SMILES string of the molecule is CN(C)C1C=CC(/N=N/c2n(C)cc[n+]2C)=CC1. The molecule has 0 saturated heterocycles. The predicted molar refractivity (Wildman–Crippen MR) is 70.4 cm³/mol. The number of likely N-dealkylation sites (N-methyl/N-ethyl adjacent to an activating group) is 1. The summed E-state index contributed by atoms with van der Waals surface area (Å²) in [6.07, 6.45) is 11.2. The van der Waals surface area contributed by atoms with Gasteiger partial charge in [-0.05, 0) is 26.6 Å². The van der Waals surface area contributed by atoms with Crippen LogP contribution in [0.15, 0.2) is 46.5 Å². The third-order valence-corrected chi connectivity index (χ3v) is 3.12. The molecular weight excluding hydrogens is 226 g/mol. The molecule has 0 bridgehead atoms. The highest BCUT2D eigenvalue weighted by Gasteiger charge is 2.13. The van der Waals surface area contributed by atoms with Crippen LogP contribution in [0.5, 0.6) is 0 Å². The molecule has 5 nitrogen and oxygen atoms in total. The molecule has 1 aromatic rings. The van der Waals surface area contributed by atoms with Crippen molar-refractivity contribution in [3.05, 3.63) is 36.3 Å². The topological polar surface area (TPSA) is 36.8 Å². The highest BCUT2D eigenvalue weighted by molar-refractivity contribution is 5.24. The average Bonchev–Trinajstić information content (AvgIpc) is 2.67. The number of allylic oxidation sites excluding steroid dienone is 1. The molecule has 0 amide bonds. The van der Waals surface area contributed by atoms with E-state index in [1.807, 2.05) is 41.7 Å². The Morgan fingerprint density at radius 2 is 2.17 bits per heavy atom. The number of azo groups is 1. The summed E-state index contributed by atoms with van der Waals surface area (Å²) < 4.78 is 3.89. The summed E-state index contributed by atoms with van der Waals surface area (Å²) in [6.45, 7) is 0. The molecule has 0 saturated carbocycles. The first-order chi connectivity index (χ1) is 8.58. The van der Waals surface area contributed by atoms with Gasteiger partial charge >= 0.3 is 5.95 Å². The second-order valence-electron chi connectivity index (χ2n) is 4.77. The van der Waals surface area contributed by atoms with Crippen molar-refractivity contribution in [2.24, 2.45) is 24.3 Å². The van der Waals surface area contributed by atoms with Crippen molar-refractivity contribution in [2.45, 2.75) is 12.5 Å². The Balaban J connectivity index is 2.06. The minimum atomic E-state index is 0.468. The Hall–Kier alpha value is -1.75. The highest BCUT2D eigenvalue weighted by atomic mass is 15.3. The van der Waals surface area contributed by atoms with Gasteiger partial charge in [0.15, 0.2) is 0 Å². The van der Waals surface area contributed by atoms with Crippen molar-refractivity contribution in [3.63, 3.8) is 0 Å². The maximum atomic E-state index is 4.28. The van der Waals surface area contributed by atoms with Gasteiger partial charge in [-0.25, -0.2) is 9.13 Å². The maximum Gasteiger partial charge on any atom is 0.421 e. The molecule has 2 rings (SSSR count). The minimum absolute atomic E-state index is 0.468. The molecule has 0 spiro atoms. The van der Waals surface area contributed by atoms with Gasteiger partial charge in [0.05, 0.1) is 32.2 Å². The number of rotatable bonds is 3. The van der Waals surface area contributed by atoms with E-state index in [4.69, 9.17) is 0 Å². The van der Waals surface area contributed by atoms with Crippen LogP contribution >= 0.6 is 0 Å². The highest BCUT2D eigenvalue weighted by Crippen LogP contribution is 2.16. The molecule has 1 unspecified atom stereocenters. The standard InChI is InChI=1S/C13H20N5/c1-16(2)12-7-5-11(6-8-12)14-15-13-17(3)9-10-18(13)4/h5-7,9-10,12H,8H2,1-4H3/q+1. The van der Waals surface area contributed by atoms with Crippen LogP contribution < -0.4 is 4.57 Å². The molecule has 0 aromatic carbocycles. The van der Waals surface area contributed by atoms with Gasteiger partial charge in [0.2, 0.25) is 0 Å². The lowest BCUT2D eigenvalue weighted by Gasteiger charge is -2.21. The van der Waals surface area contributed by atoms with Gasteiger partial charge in [0.1, 0.15) is 0 Å². The van der Waals surface area contributed by atoms with Gasteiger partial charge in [-0.3, -0.25) is 0 Å². The first-order valence-electron chi connectivity index (χ1n) is 6.05. The van der Waals surface area contributed by atoms with E-state index in [2.05, 4.69) is 41.4 Å². The van der Waals surface area contributed by atoms with Crippen LogP contribution in [0.2, 0.25) is 0 Å². The third kappa shape index (κ3) is 2.73. The van der Waals surface area contributed by atoms with Crippen LogP contribution in [0, 0.1) is 0 Å². The normalized spacial score (nSPS) is 19.8. The smallest absolute Gasteiger partial charge is 0.303 e. The monoisotopic (exact) mass is 246 g/mol. The second-order valence-corrected chi connectivity index (χ2v) is 4.77. The lowest BCUT2D eigenvalue weighted by Crippen LogP contribution is -2.26. The van der Waals surface area contributed by atoms with E-state index in [-0.39, 0.29) is 0 Å². The number of hydrogen-bond acceptors (Lipinski definition) is 3. The molecule has 5 heteroatoms. The molecule has 0 aliphatic heterocycles. The van der Waals surface area contributed by atoms with E-state index < -0.39 is 0 Å². The van der Waals surface area contributed by atoms with Crippen molar-refractivity contribution in [3.8, 4) is 0 Å². The number of aromatic nitrogens is 2. The quantitative estimate of drug-likeness (QED) is 0.591. The van der Waals surface area contributed by atoms with Crippen LogP contribution in [-0.2, 0) is 14.1 Å². The molecule has 96 valence electrons. The van der Waals surface area contributed by atoms with Crippen LogP contribution in [0.3, 0.4) is 0 Å². The van der Waals surface area contributed by atoms with E-state index in [0.29, 0.717) is 6.04 Å². The Morgan fingerprint density at radius 3 is 2.67 bits per heavy atom. The molecule has 1 aliphatic carbocycles. The zero-order valence-corrected chi connectivity index (χ0v) is 11.4. The van der Waals surface area contributed by atoms with E-state index in [0.717, 1.165) is 18.1 Å². The fourth-order valence-electron chi connectivity index (χ4n) is 1.88. The van der Waals surface area contributed by atoms with Gasteiger partial charge in [-0.1, -0.05) is 17.3 Å². The second kappa shape index (κ2) is 5.27. The first-order valence-corrected chi connectivity index (χ1v) is 6.05. The van der Waals surface area contributed by atoms with Crippen LogP contribution in [0.4, 0.5) is 5.95 Å². The number of hydrogen-bond donors (Lipinski definition) is 0. The lowest BCUT2D eigenvalue weighted by molar-refractivity contribution is -0.657. The molecule has 1 aliphatic rings. The van der Waals surface area contributed by atoms with Crippen LogP contribution in [0.25, 0.3) is 0 Å². The molecule has 18 heavy (non-hydrogen) atoms. The summed E-state index contributed by atoms with van der Waals surface area (Å²) in [5.74, 6) is 0.832. The van der Waals surface area contributed by atoms with Gasteiger partial charge < -0.3 is 4.90 Å². The van der Waals surface area contributed by atoms with E-state index in [9.17, 15) is 0 Å². The molecule has 1 heterocycles. The molecule has 1 aromatic heterocycles. The fourth-order valence-corrected chi connectivity index (χ4v) is 1.88. The van der Waals surface area contributed by atoms with E-state index in [1.165, 1.54) is 0 Å². The summed E-state index contributed by atoms with van der Waals surface area (Å²) >= 11 is 0. The van der Waals surface area contributed by atoms with Crippen molar-refractivity contribution in [1.82, 2.24) is 9.47 Å². The summed E-state index contributed by atoms with van der Waals surface area (Å²) in [5, 5.41) is 8.56. The average molecular weight is 246 g/mol. The summed E-state index contributed by atoms with van der Waals surface area (Å²) in [6, 6.07) is 0.468. The number of imidazole rings is 1. The van der Waals surface area contributed by atoms with Crippen molar-refractivity contribution in [1.29, 1.82) is 0 Å². The van der Waals surface area contributed by atoms with Crippen molar-refractivity contribution in [2.75, 3.05) is 14.1 Å². The number of nitrogens with zero attached hydrogens (tertiary/aromatic N) is 5. The Labute approximate surface area is 108 Å². The Bertz CT molecular complexity index is 488. The summed E-state index contributed by atoms with van der Waals surface area (Å²) in [5.41, 5.74) is 0.925.